The monoisotopic (exact) mass is 383 g/mol. The van der Waals surface area contributed by atoms with Crippen LogP contribution in [-0.2, 0) is 9.53 Å². The zero-order valence-electron chi connectivity index (χ0n) is 17.3. The van der Waals surface area contributed by atoms with Crippen molar-refractivity contribution in [2.24, 2.45) is 0 Å². The fraction of sp³-hybridized carbons (Fsp3) is 0.625. The molecule has 0 aliphatic heterocycles. The Hall–Kier alpha value is -2.37. The number of carbonyl (C=O) groups excluding carboxylic acids is 1. The Morgan fingerprint density at radius 3 is 1.93 bits per heavy atom. The van der Waals surface area contributed by atoms with Gasteiger partial charge in [0.1, 0.15) is 6.23 Å². The summed E-state index contributed by atoms with van der Waals surface area (Å²) < 4.78 is 5.02. The van der Waals surface area contributed by atoms with Gasteiger partial charge in [-0.15, -0.1) is 11.8 Å². The van der Waals surface area contributed by atoms with E-state index >= 15 is 0 Å². The molecule has 2 N–H and O–H groups in total. The summed E-state index contributed by atoms with van der Waals surface area (Å²) in [6, 6.07) is 0. The van der Waals surface area contributed by atoms with E-state index in [0.29, 0.717) is 45.1 Å². The van der Waals surface area contributed by atoms with Crippen LogP contribution in [0.4, 0.5) is 0 Å². The van der Waals surface area contributed by atoms with Crippen molar-refractivity contribution in [3.05, 3.63) is 0 Å². The molecule has 0 aromatic carbocycles. The van der Waals surface area contributed by atoms with Gasteiger partial charge in [-0.1, -0.05) is 55.3 Å². The fourth-order valence-corrected chi connectivity index (χ4v) is 2.01. The molecule has 0 aromatic heterocycles. The SMILES string of the molecule is CCCCCC#CCC#CCC#CCC#CCCCC(=O)NC(O)COCC. The van der Waals surface area contributed by atoms with Gasteiger partial charge in [-0.3, -0.25) is 4.79 Å². The number of ether oxygens (including phenoxy) is 1. The van der Waals surface area contributed by atoms with Crippen LogP contribution in [0.2, 0.25) is 0 Å². The van der Waals surface area contributed by atoms with Gasteiger partial charge in [0, 0.05) is 25.9 Å². The van der Waals surface area contributed by atoms with Gasteiger partial charge in [0.2, 0.25) is 5.91 Å². The van der Waals surface area contributed by atoms with Gasteiger partial charge in [0.15, 0.2) is 0 Å². The van der Waals surface area contributed by atoms with E-state index in [1.54, 1.807) is 0 Å². The first-order chi connectivity index (χ1) is 13.7. The standard InChI is InChI=1S/C24H33NO3/c1-3-5-6-7-8-9-10-11-12-13-14-15-16-17-18-19-20-21-23(26)25-24(27)22-28-4-2/h24,27H,3-7,10,13,16,19-22H2,1-2H3,(H,25,26). The molecule has 0 radical (unpaired) electrons. The van der Waals surface area contributed by atoms with Crippen LogP contribution in [0.15, 0.2) is 0 Å². The molecule has 0 saturated heterocycles. The van der Waals surface area contributed by atoms with Crippen molar-refractivity contribution in [2.75, 3.05) is 13.2 Å². The fourth-order valence-electron chi connectivity index (χ4n) is 2.01. The summed E-state index contributed by atoms with van der Waals surface area (Å²) in [6.07, 6.45) is 6.95. The molecule has 152 valence electrons. The lowest BCUT2D eigenvalue weighted by molar-refractivity contribution is -0.125. The van der Waals surface area contributed by atoms with Crippen molar-refractivity contribution in [1.29, 1.82) is 0 Å². The Balaban J connectivity index is 3.68. The van der Waals surface area contributed by atoms with Gasteiger partial charge in [-0.05, 0) is 19.8 Å². The summed E-state index contributed by atoms with van der Waals surface area (Å²) in [5, 5.41) is 11.9. The highest BCUT2D eigenvalue weighted by Crippen LogP contribution is 1.97. The molecule has 0 aliphatic carbocycles. The molecule has 4 heteroatoms. The number of aliphatic hydroxyl groups excluding tert-OH is 1. The average Bonchev–Trinajstić information content (AvgIpc) is 2.68. The third kappa shape index (κ3) is 19.9. The quantitative estimate of drug-likeness (QED) is 0.345. The van der Waals surface area contributed by atoms with Gasteiger partial charge >= 0.3 is 0 Å². The molecule has 0 heterocycles. The number of rotatable bonds is 10. The lowest BCUT2D eigenvalue weighted by Gasteiger charge is -2.12. The highest BCUT2D eigenvalue weighted by atomic mass is 16.5. The molecule has 28 heavy (non-hydrogen) atoms. The van der Waals surface area contributed by atoms with Gasteiger partial charge in [-0.25, -0.2) is 0 Å². The molecule has 0 fully saturated rings. The van der Waals surface area contributed by atoms with Gasteiger partial charge in [-0.2, -0.15) is 0 Å². The van der Waals surface area contributed by atoms with E-state index in [0.717, 1.165) is 6.42 Å². The van der Waals surface area contributed by atoms with Crippen LogP contribution in [0.1, 0.15) is 78.1 Å². The topological polar surface area (TPSA) is 58.6 Å². The first-order valence-electron chi connectivity index (χ1n) is 10.1. The van der Waals surface area contributed by atoms with E-state index in [1.165, 1.54) is 19.3 Å². The minimum Gasteiger partial charge on any atom is -0.377 e. The van der Waals surface area contributed by atoms with Crippen LogP contribution >= 0.6 is 0 Å². The maximum Gasteiger partial charge on any atom is 0.222 e. The molecule has 0 saturated carbocycles. The number of nitrogens with one attached hydrogen (secondary N) is 1. The Morgan fingerprint density at radius 1 is 0.857 bits per heavy atom. The summed E-state index contributed by atoms with van der Waals surface area (Å²) in [7, 11) is 0. The number of amides is 1. The summed E-state index contributed by atoms with van der Waals surface area (Å²) in [6.45, 7) is 4.63. The van der Waals surface area contributed by atoms with Crippen LogP contribution < -0.4 is 5.32 Å². The van der Waals surface area contributed by atoms with E-state index in [9.17, 15) is 9.90 Å². The number of hydrogen-bond donors (Lipinski definition) is 2. The number of unbranched alkanes of at least 4 members (excludes halogenated alkanes) is 4. The second kappa shape index (κ2) is 20.9. The van der Waals surface area contributed by atoms with Crippen molar-refractivity contribution in [3.63, 3.8) is 0 Å². The van der Waals surface area contributed by atoms with E-state index in [1.807, 2.05) is 6.92 Å². The normalized spacial score (nSPS) is 9.96. The predicted octanol–water partition coefficient (Wildman–Crippen LogP) is 3.39. The van der Waals surface area contributed by atoms with Crippen LogP contribution in [-0.4, -0.2) is 30.5 Å². The minimum absolute atomic E-state index is 0.109. The third-order valence-electron chi connectivity index (χ3n) is 3.45. The summed E-state index contributed by atoms with van der Waals surface area (Å²) in [4.78, 5) is 11.6. The molecule has 1 unspecified atom stereocenters. The first-order valence-corrected chi connectivity index (χ1v) is 10.1. The van der Waals surface area contributed by atoms with Crippen molar-refractivity contribution < 1.29 is 14.6 Å². The van der Waals surface area contributed by atoms with E-state index in [2.05, 4.69) is 59.6 Å². The van der Waals surface area contributed by atoms with Crippen LogP contribution in [0.25, 0.3) is 0 Å². The molecule has 0 spiro atoms. The lowest BCUT2D eigenvalue weighted by Crippen LogP contribution is -2.37. The van der Waals surface area contributed by atoms with Gasteiger partial charge in [0.05, 0.1) is 25.9 Å². The molecule has 4 nitrogen and oxygen atoms in total. The Morgan fingerprint density at radius 2 is 1.39 bits per heavy atom. The van der Waals surface area contributed by atoms with E-state index in [-0.39, 0.29) is 12.5 Å². The number of hydrogen-bond acceptors (Lipinski definition) is 3. The van der Waals surface area contributed by atoms with Crippen LogP contribution in [0.3, 0.4) is 0 Å². The lowest BCUT2D eigenvalue weighted by atomic mass is 10.2. The number of aliphatic hydroxyl groups is 1. The largest absolute Gasteiger partial charge is 0.377 e. The van der Waals surface area contributed by atoms with Gasteiger partial charge in [0.25, 0.3) is 0 Å². The Labute approximate surface area is 171 Å². The highest BCUT2D eigenvalue weighted by Gasteiger charge is 2.07. The molecule has 1 amide bonds. The minimum atomic E-state index is -0.949. The van der Waals surface area contributed by atoms with E-state index in [4.69, 9.17) is 4.74 Å². The Bertz CT molecular complexity index is 653. The molecule has 1 atom stereocenters. The first kappa shape index (κ1) is 25.6. The van der Waals surface area contributed by atoms with Crippen LogP contribution in [0.5, 0.6) is 0 Å². The van der Waals surface area contributed by atoms with Crippen molar-refractivity contribution in [2.45, 2.75) is 84.3 Å². The zero-order valence-corrected chi connectivity index (χ0v) is 17.3. The predicted molar refractivity (Wildman–Crippen MR) is 114 cm³/mol. The second-order valence-corrected chi connectivity index (χ2v) is 6.00. The molecular formula is C24H33NO3. The Kier molecular flexibility index (Phi) is 19.2. The highest BCUT2D eigenvalue weighted by molar-refractivity contribution is 5.76. The molecular weight excluding hydrogens is 350 g/mol. The number of carbonyl (C=O) groups is 1. The maximum absolute atomic E-state index is 11.6. The van der Waals surface area contributed by atoms with Crippen LogP contribution in [0, 0.1) is 47.4 Å². The summed E-state index contributed by atoms with van der Waals surface area (Å²) in [5.41, 5.74) is 0. The van der Waals surface area contributed by atoms with Crippen molar-refractivity contribution in [1.82, 2.24) is 5.32 Å². The maximum atomic E-state index is 11.6. The molecule has 0 aliphatic rings. The molecule has 0 aromatic rings. The average molecular weight is 384 g/mol. The third-order valence-corrected chi connectivity index (χ3v) is 3.45. The van der Waals surface area contributed by atoms with Crippen molar-refractivity contribution >= 4 is 5.91 Å². The smallest absolute Gasteiger partial charge is 0.222 e. The van der Waals surface area contributed by atoms with Gasteiger partial charge < -0.3 is 15.2 Å². The molecule has 0 rings (SSSR count). The summed E-state index contributed by atoms with van der Waals surface area (Å²) >= 11 is 0. The summed E-state index contributed by atoms with van der Waals surface area (Å²) in [5.74, 6) is 23.9. The zero-order chi connectivity index (χ0) is 20.7. The van der Waals surface area contributed by atoms with Crippen molar-refractivity contribution in [3.8, 4) is 47.4 Å². The molecule has 0 bridgehead atoms. The van der Waals surface area contributed by atoms with E-state index < -0.39 is 6.23 Å². The second-order valence-electron chi connectivity index (χ2n) is 6.00.